The lowest BCUT2D eigenvalue weighted by atomic mass is 10.1. The molecule has 1 atom stereocenters. The van der Waals surface area contributed by atoms with Crippen molar-refractivity contribution in [1.82, 2.24) is 10.8 Å². The number of carbonyl (C=O) groups excluding carboxylic acids is 4. The van der Waals surface area contributed by atoms with E-state index in [4.69, 9.17) is 14.7 Å². The lowest BCUT2D eigenvalue weighted by Gasteiger charge is -2.20. The van der Waals surface area contributed by atoms with Crippen molar-refractivity contribution < 1.29 is 33.9 Å². The van der Waals surface area contributed by atoms with Crippen molar-refractivity contribution in [3.8, 4) is 5.75 Å². The van der Waals surface area contributed by atoms with Crippen LogP contribution in [-0.4, -0.2) is 53.4 Å². The minimum Gasteiger partial charge on any atom is -0.494 e. The third-order valence-electron chi connectivity index (χ3n) is 7.53. The summed E-state index contributed by atoms with van der Waals surface area (Å²) in [5.41, 5.74) is 4.93. The van der Waals surface area contributed by atoms with Crippen LogP contribution >= 0.6 is 11.8 Å². The van der Waals surface area contributed by atoms with E-state index in [1.807, 2.05) is 61.5 Å². The van der Waals surface area contributed by atoms with Crippen molar-refractivity contribution in [3.63, 3.8) is 0 Å². The topological polar surface area (TPSA) is 143 Å². The Morgan fingerprint density at radius 3 is 2.35 bits per heavy atom. The predicted molar refractivity (Wildman–Crippen MR) is 176 cm³/mol. The van der Waals surface area contributed by atoms with Crippen LogP contribution < -0.4 is 20.9 Å². The molecule has 0 bridgehead atoms. The van der Waals surface area contributed by atoms with E-state index < -0.39 is 11.9 Å². The number of esters is 1. The van der Waals surface area contributed by atoms with Crippen molar-refractivity contribution in [2.24, 2.45) is 0 Å². The van der Waals surface area contributed by atoms with Gasteiger partial charge in [0, 0.05) is 23.4 Å². The third kappa shape index (κ3) is 11.5. The Hall–Kier alpha value is -4.35. The highest BCUT2D eigenvalue weighted by Gasteiger charge is 2.27. The summed E-state index contributed by atoms with van der Waals surface area (Å²) in [6, 6.07) is 21.5. The van der Waals surface area contributed by atoms with Crippen molar-refractivity contribution in [2.75, 3.05) is 17.7 Å². The molecule has 0 unspecified atom stereocenters. The van der Waals surface area contributed by atoms with Gasteiger partial charge in [0.05, 0.1) is 18.8 Å². The lowest BCUT2D eigenvalue weighted by Crippen LogP contribution is -2.44. The molecule has 1 saturated carbocycles. The fourth-order valence-corrected chi connectivity index (χ4v) is 5.95. The van der Waals surface area contributed by atoms with E-state index in [9.17, 15) is 19.2 Å². The fourth-order valence-electron chi connectivity index (χ4n) is 5.14. The second kappa shape index (κ2) is 18.0. The molecule has 0 spiro atoms. The minimum atomic E-state index is -0.740. The second-order valence-electron chi connectivity index (χ2n) is 11.3. The number of thioether (sulfide) groups is 1. The van der Waals surface area contributed by atoms with Crippen LogP contribution in [0.4, 0.5) is 5.69 Å². The summed E-state index contributed by atoms with van der Waals surface area (Å²) in [5, 5.41) is 14.4. The predicted octanol–water partition coefficient (Wildman–Crippen LogP) is 5.15. The third-order valence-corrected chi connectivity index (χ3v) is 8.71. The second-order valence-corrected chi connectivity index (χ2v) is 12.3. The molecule has 3 aromatic carbocycles. The number of hydrogen-bond donors (Lipinski definition) is 4. The molecule has 0 radical (unpaired) electrons. The lowest BCUT2D eigenvalue weighted by molar-refractivity contribution is -0.152. The van der Waals surface area contributed by atoms with E-state index in [-0.39, 0.29) is 42.5 Å². The van der Waals surface area contributed by atoms with Gasteiger partial charge in [0.15, 0.2) is 0 Å². The Labute approximate surface area is 273 Å². The summed E-state index contributed by atoms with van der Waals surface area (Å²) < 4.78 is 11.5. The molecule has 1 fully saturated rings. The molecule has 1 aliphatic rings. The first-order valence-corrected chi connectivity index (χ1v) is 16.5. The Bertz CT molecular complexity index is 1460. The van der Waals surface area contributed by atoms with E-state index in [0.29, 0.717) is 30.9 Å². The number of benzene rings is 3. The van der Waals surface area contributed by atoms with Gasteiger partial charge in [-0.1, -0.05) is 42.5 Å². The summed E-state index contributed by atoms with van der Waals surface area (Å²) in [5.74, 6) is -0.549. The summed E-state index contributed by atoms with van der Waals surface area (Å²) >= 11 is 1.29. The number of hydrogen-bond acceptors (Lipinski definition) is 8. The van der Waals surface area contributed by atoms with Gasteiger partial charge in [-0.3, -0.25) is 19.6 Å². The first-order valence-electron chi connectivity index (χ1n) is 15.5. The number of rotatable bonds is 16. The largest absolute Gasteiger partial charge is 0.494 e. The van der Waals surface area contributed by atoms with Gasteiger partial charge in [0.25, 0.3) is 5.91 Å². The van der Waals surface area contributed by atoms with Crippen molar-refractivity contribution >= 4 is 41.1 Å². The average Bonchev–Trinajstić information content (AvgIpc) is 3.56. The summed E-state index contributed by atoms with van der Waals surface area (Å²) in [7, 11) is 0. The monoisotopic (exact) mass is 647 g/mol. The van der Waals surface area contributed by atoms with E-state index in [1.165, 1.54) is 11.8 Å². The molecular weight excluding hydrogens is 606 g/mol. The Balaban J connectivity index is 1.18. The standard InChI is InChI=1S/C35H41N3O7S/c1-24-20-27(15-18-31(24)46-23-34(41)38-43)36-33(40)22-26-13-16-28(17-14-26)44-19-7-12-32(39)37-30(21-25-8-3-2-4-9-25)35(42)45-29-10-5-6-11-29/h2-4,8-9,13-18,20,29-30,43H,5-7,10-12,19,21-23H2,1H3,(H,36,40)(H,37,39)(H,38,41)/t30-/m0/s1. The molecule has 4 rings (SSSR count). The van der Waals surface area contributed by atoms with Gasteiger partial charge >= 0.3 is 5.97 Å². The maximum Gasteiger partial charge on any atom is 0.329 e. The number of nitrogens with one attached hydrogen (secondary N) is 3. The van der Waals surface area contributed by atoms with Crippen molar-refractivity contribution in [1.29, 1.82) is 0 Å². The molecule has 0 heterocycles. The first-order chi connectivity index (χ1) is 22.3. The zero-order valence-corrected chi connectivity index (χ0v) is 26.8. The quantitative estimate of drug-likeness (QED) is 0.0550. The van der Waals surface area contributed by atoms with Crippen LogP contribution in [0.1, 0.15) is 55.2 Å². The number of ether oxygens (including phenoxy) is 2. The summed E-state index contributed by atoms with van der Waals surface area (Å²) in [6.07, 6.45) is 5.01. The van der Waals surface area contributed by atoms with Crippen LogP contribution in [0, 0.1) is 6.92 Å². The Morgan fingerprint density at radius 1 is 0.913 bits per heavy atom. The van der Waals surface area contributed by atoms with Gasteiger partial charge in [0.1, 0.15) is 17.9 Å². The molecule has 0 saturated heterocycles. The zero-order valence-electron chi connectivity index (χ0n) is 26.0. The van der Waals surface area contributed by atoms with Gasteiger partial charge in [-0.2, -0.15) is 0 Å². The molecule has 10 nitrogen and oxygen atoms in total. The molecule has 1 aliphatic carbocycles. The van der Waals surface area contributed by atoms with E-state index in [2.05, 4.69) is 10.6 Å². The summed E-state index contributed by atoms with van der Waals surface area (Å²) in [6.45, 7) is 2.21. The number of aryl methyl sites for hydroxylation is 1. The maximum atomic E-state index is 12.9. The molecule has 244 valence electrons. The molecule has 4 N–H and O–H groups in total. The summed E-state index contributed by atoms with van der Waals surface area (Å²) in [4.78, 5) is 50.4. The Kier molecular flexibility index (Phi) is 13.5. The molecule has 0 aromatic heterocycles. The van der Waals surface area contributed by atoms with E-state index in [1.54, 1.807) is 23.7 Å². The number of anilines is 1. The van der Waals surface area contributed by atoms with E-state index >= 15 is 0 Å². The van der Waals surface area contributed by atoms with Crippen molar-refractivity contribution in [3.05, 3.63) is 89.5 Å². The molecule has 46 heavy (non-hydrogen) atoms. The first kappa shape index (κ1) is 34.5. The highest BCUT2D eigenvalue weighted by molar-refractivity contribution is 8.00. The molecule has 0 aliphatic heterocycles. The maximum absolute atomic E-state index is 12.9. The number of amides is 3. The van der Waals surface area contributed by atoms with Crippen LogP contribution in [-0.2, 0) is 36.8 Å². The average molecular weight is 648 g/mol. The van der Waals surface area contributed by atoms with Gasteiger partial charge in [-0.25, -0.2) is 10.3 Å². The smallest absolute Gasteiger partial charge is 0.329 e. The van der Waals surface area contributed by atoms with Crippen LogP contribution in [0.15, 0.2) is 77.7 Å². The van der Waals surface area contributed by atoms with Crippen LogP contribution in [0.3, 0.4) is 0 Å². The highest BCUT2D eigenvalue weighted by Crippen LogP contribution is 2.25. The number of carbonyl (C=O) groups is 4. The SMILES string of the molecule is Cc1cc(NC(=O)Cc2ccc(OCCCC(=O)N[C@@H](Cc3ccccc3)C(=O)OC3CCCC3)cc2)ccc1SCC(=O)NO. The molecule has 3 amide bonds. The minimum absolute atomic E-state index is 0.0700. The molecule has 11 heteroatoms. The number of hydroxylamine groups is 1. The zero-order chi connectivity index (χ0) is 32.7. The fraction of sp³-hybridized carbons (Fsp3) is 0.371. The Morgan fingerprint density at radius 2 is 1.65 bits per heavy atom. The van der Waals surface area contributed by atoms with Crippen LogP contribution in [0.5, 0.6) is 5.75 Å². The van der Waals surface area contributed by atoms with Gasteiger partial charge in [-0.15, -0.1) is 11.8 Å². The van der Waals surface area contributed by atoms with Crippen LogP contribution in [0.2, 0.25) is 0 Å². The normalized spacial score (nSPS) is 13.4. The van der Waals surface area contributed by atoms with Gasteiger partial charge < -0.3 is 20.1 Å². The highest BCUT2D eigenvalue weighted by atomic mass is 32.2. The van der Waals surface area contributed by atoms with E-state index in [0.717, 1.165) is 47.3 Å². The van der Waals surface area contributed by atoms with Crippen molar-refractivity contribution in [2.45, 2.75) is 75.3 Å². The van der Waals surface area contributed by atoms with Gasteiger partial charge in [0.2, 0.25) is 11.8 Å². The van der Waals surface area contributed by atoms with Gasteiger partial charge in [-0.05, 0) is 86.1 Å². The van der Waals surface area contributed by atoms with Crippen LogP contribution in [0.25, 0.3) is 0 Å². The molecular formula is C35H41N3O7S. The molecule has 3 aromatic rings.